The molecule has 0 spiro atoms. The third kappa shape index (κ3) is 1.17. The first-order valence-corrected chi connectivity index (χ1v) is 3.56. The Balaban J connectivity index is 2.19. The summed E-state index contributed by atoms with van der Waals surface area (Å²) in [5.41, 5.74) is 0. The molecule has 1 aromatic rings. The van der Waals surface area contributed by atoms with Crippen molar-refractivity contribution in [2.24, 2.45) is 0 Å². The number of nitrogens with one attached hydrogen (secondary N) is 1. The highest BCUT2D eigenvalue weighted by Gasteiger charge is 2.02. The van der Waals surface area contributed by atoms with Crippen LogP contribution in [-0.2, 0) is 0 Å². The lowest BCUT2D eigenvalue weighted by Gasteiger charge is -2.17. The van der Waals surface area contributed by atoms with Crippen LogP contribution in [0.3, 0.4) is 0 Å². The van der Waals surface area contributed by atoms with Crippen molar-refractivity contribution in [3.05, 3.63) is 36.7 Å². The van der Waals surface area contributed by atoms with Crippen molar-refractivity contribution in [2.75, 3.05) is 11.4 Å². The highest BCUT2D eigenvalue weighted by Crippen LogP contribution is 2.10. The van der Waals surface area contributed by atoms with Crippen molar-refractivity contribution in [3.8, 4) is 0 Å². The summed E-state index contributed by atoms with van der Waals surface area (Å²) in [5, 5.41) is 6.77. The Labute approximate surface area is 65.0 Å². The molecule has 1 N–H and O–H groups in total. The molecule has 56 valence electrons. The molecule has 0 aromatic carbocycles. The summed E-state index contributed by atoms with van der Waals surface area (Å²) < 4.78 is 0. The summed E-state index contributed by atoms with van der Waals surface area (Å²) in [6, 6.07) is 1.95. The molecule has 0 aliphatic carbocycles. The van der Waals surface area contributed by atoms with Gasteiger partial charge in [0, 0.05) is 18.8 Å². The summed E-state index contributed by atoms with van der Waals surface area (Å²) in [4.78, 5) is 2.09. The van der Waals surface area contributed by atoms with Crippen molar-refractivity contribution < 1.29 is 0 Å². The smallest absolute Gasteiger partial charge is 0.128 e. The van der Waals surface area contributed by atoms with Crippen LogP contribution in [0.5, 0.6) is 0 Å². The summed E-state index contributed by atoms with van der Waals surface area (Å²) >= 11 is 0. The standard InChI is InChI=1S/C8H9N3/c1-2-6-11(7-3-1)8-4-5-9-10-8/h1-6H,7H2,(H,9,10). The van der Waals surface area contributed by atoms with Gasteiger partial charge < -0.3 is 4.90 Å². The van der Waals surface area contributed by atoms with E-state index in [-0.39, 0.29) is 0 Å². The highest BCUT2D eigenvalue weighted by molar-refractivity contribution is 5.43. The fraction of sp³-hybridized carbons (Fsp3) is 0.125. The van der Waals surface area contributed by atoms with Gasteiger partial charge in [0.05, 0.1) is 6.20 Å². The molecule has 0 bridgehead atoms. The molecule has 0 unspecified atom stereocenters. The summed E-state index contributed by atoms with van der Waals surface area (Å²) in [6.45, 7) is 0.915. The monoisotopic (exact) mass is 147 g/mol. The maximum Gasteiger partial charge on any atom is 0.128 e. The van der Waals surface area contributed by atoms with Gasteiger partial charge in [-0.3, -0.25) is 5.10 Å². The number of hydrogen-bond donors (Lipinski definition) is 1. The third-order valence-corrected chi connectivity index (χ3v) is 1.61. The fourth-order valence-corrected chi connectivity index (χ4v) is 1.05. The van der Waals surface area contributed by atoms with Crippen LogP contribution in [-0.4, -0.2) is 16.7 Å². The first-order valence-electron chi connectivity index (χ1n) is 3.56. The average molecular weight is 147 g/mol. The molecule has 0 saturated heterocycles. The topological polar surface area (TPSA) is 31.9 Å². The molecule has 2 heterocycles. The van der Waals surface area contributed by atoms with Crippen LogP contribution >= 0.6 is 0 Å². The van der Waals surface area contributed by atoms with Gasteiger partial charge in [-0.25, -0.2) is 0 Å². The third-order valence-electron chi connectivity index (χ3n) is 1.61. The normalized spacial score (nSPS) is 15.8. The van der Waals surface area contributed by atoms with Gasteiger partial charge in [0.1, 0.15) is 5.82 Å². The second-order valence-electron chi connectivity index (χ2n) is 2.36. The molecule has 0 radical (unpaired) electrons. The zero-order valence-corrected chi connectivity index (χ0v) is 6.07. The van der Waals surface area contributed by atoms with E-state index < -0.39 is 0 Å². The Kier molecular flexibility index (Phi) is 1.48. The van der Waals surface area contributed by atoms with Gasteiger partial charge in [-0.1, -0.05) is 12.2 Å². The number of hydrogen-bond acceptors (Lipinski definition) is 2. The van der Waals surface area contributed by atoms with Gasteiger partial charge in [-0.05, 0) is 6.08 Å². The van der Waals surface area contributed by atoms with Crippen molar-refractivity contribution in [3.63, 3.8) is 0 Å². The Morgan fingerprint density at radius 2 is 2.45 bits per heavy atom. The molecule has 0 fully saturated rings. The Morgan fingerprint density at radius 1 is 1.45 bits per heavy atom. The summed E-state index contributed by atoms with van der Waals surface area (Å²) in [7, 11) is 0. The van der Waals surface area contributed by atoms with Crippen molar-refractivity contribution in [2.45, 2.75) is 0 Å². The van der Waals surface area contributed by atoms with Gasteiger partial charge in [0.25, 0.3) is 0 Å². The van der Waals surface area contributed by atoms with Crippen LogP contribution in [0.4, 0.5) is 5.82 Å². The molecule has 11 heavy (non-hydrogen) atoms. The number of nitrogens with zero attached hydrogens (tertiary/aromatic N) is 2. The Morgan fingerprint density at radius 3 is 3.09 bits per heavy atom. The van der Waals surface area contributed by atoms with E-state index in [1.165, 1.54) is 0 Å². The van der Waals surface area contributed by atoms with Crippen LogP contribution in [0.25, 0.3) is 0 Å². The maximum absolute atomic E-state index is 3.87. The minimum absolute atomic E-state index is 0.915. The molecule has 3 heteroatoms. The van der Waals surface area contributed by atoms with Gasteiger partial charge in [0.2, 0.25) is 0 Å². The van der Waals surface area contributed by atoms with Crippen LogP contribution in [0.1, 0.15) is 0 Å². The molecule has 0 amide bonds. The van der Waals surface area contributed by atoms with Crippen LogP contribution in [0.2, 0.25) is 0 Å². The molecule has 3 nitrogen and oxygen atoms in total. The second-order valence-corrected chi connectivity index (χ2v) is 2.36. The predicted molar refractivity (Wildman–Crippen MR) is 44.2 cm³/mol. The summed E-state index contributed by atoms with van der Waals surface area (Å²) in [5.74, 6) is 1.03. The van der Waals surface area contributed by atoms with Gasteiger partial charge in [-0.15, -0.1) is 0 Å². The second kappa shape index (κ2) is 2.62. The zero-order chi connectivity index (χ0) is 7.52. The van der Waals surface area contributed by atoms with Crippen molar-refractivity contribution in [1.29, 1.82) is 0 Å². The Bertz CT molecular complexity index is 272. The number of H-pyrrole nitrogens is 1. The lowest BCUT2D eigenvalue weighted by molar-refractivity contribution is 0.991. The van der Waals surface area contributed by atoms with Crippen LogP contribution in [0, 0.1) is 0 Å². The van der Waals surface area contributed by atoms with Crippen molar-refractivity contribution >= 4 is 5.82 Å². The first-order chi connectivity index (χ1) is 5.47. The van der Waals surface area contributed by atoms with Gasteiger partial charge in [0.15, 0.2) is 0 Å². The molecule has 0 atom stereocenters. The maximum atomic E-state index is 3.87. The molecule has 0 saturated carbocycles. The molecule has 1 aromatic heterocycles. The molecule has 2 rings (SSSR count). The highest BCUT2D eigenvalue weighted by atomic mass is 15.3. The molecule has 1 aliphatic rings. The largest absolute Gasteiger partial charge is 0.330 e. The minimum Gasteiger partial charge on any atom is -0.330 e. The van der Waals surface area contributed by atoms with Gasteiger partial charge in [-0.2, -0.15) is 5.10 Å². The van der Waals surface area contributed by atoms with E-state index in [0.717, 1.165) is 12.4 Å². The number of aromatic amines is 1. The van der Waals surface area contributed by atoms with E-state index in [1.807, 2.05) is 24.4 Å². The zero-order valence-electron chi connectivity index (χ0n) is 6.07. The van der Waals surface area contributed by atoms with E-state index in [2.05, 4.69) is 21.2 Å². The summed E-state index contributed by atoms with van der Waals surface area (Å²) in [6.07, 6.45) is 9.91. The van der Waals surface area contributed by atoms with E-state index >= 15 is 0 Å². The van der Waals surface area contributed by atoms with E-state index in [0.29, 0.717) is 0 Å². The molecule has 1 aliphatic heterocycles. The number of rotatable bonds is 1. The lowest BCUT2D eigenvalue weighted by atomic mass is 10.3. The van der Waals surface area contributed by atoms with Crippen LogP contribution < -0.4 is 4.90 Å². The van der Waals surface area contributed by atoms with E-state index in [1.54, 1.807) is 6.20 Å². The number of allylic oxidation sites excluding steroid dienone is 2. The number of anilines is 1. The average Bonchev–Trinajstić information content (AvgIpc) is 2.58. The molecular weight excluding hydrogens is 138 g/mol. The number of aromatic nitrogens is 2. The predicted octanol–water partition coefficient (Wildman–Crippen LogP) is 1.30. The van der Waals surface area contributed by atoms with Gasteiger partial charge >= 0.3 is 0 Å². The minimum atomic E-state index is 0.915. The lowest BCUT2D eigenvalue weighted by Crippen LogP contribution is -2.17. The molecular formula is C8H9N3. The quantitative estimate of drug-likeness (QED) is 0.649. The fourth-order valence-electron chi connectivity index (χ4n) is 1.05. The van der Waals surface area contributed by atoms with E-state index in [9.17, 15) is 0 Å². The van der Waals surface area contributed by atoms with Crippen LogP contribution in [0.15, 0.2) is 36.7 Å². The van der Waals surface area contributed by atoms with E-state index in [4.69, 9.17) is 0 Å². The Hall–Kier alpha value is -1.51. The van der Waals surface area contributed by atoms with Crippen molar-refractivity contribution in [1.82, 2.24) is 10.2 Å². The first kappa shape index (κ1) is 6.22. The SMILES string of the molecule is C1=CCN(c2ccn[nH]2)C=C1.